The Balaban J connectivity index is 1.54. The lowest BCUT2D eigenvalue weighted by molar-refractivity contribution is -0.116. The number of carbonyl (C=O) groups excluding carboxylic acids is 2. The molecule has 4 rings (SSSR count). The van der Waals surface area contributed by atoms with Crippen molar-refractivity contribution in [1.29, 1.82) is 0 Å². The van der Waals surface area contributed by atoms with E-state index in [2.05, 4.69) is 15.7 Å². The lowest BCUT2D eigenvalue weighted by Gasteiger charge is -2.22. The fraction of sp³-hybridized carbons (Fsp3) is 0.207. The number of aryl methyl sites for hydroxylation is 2. The van der Waals surface area contributed by atoms with Crippen molar-refractivity contribution in [2.24, 2.45) is 0 Å². The first-order valence-electron chi connectivity index (χ1n) is 12.2. The van der Waals surface area contributed by atoms with Gasteiger partial charge >= 0.3 is 6.03 Å². The number of amides is 3. The molecule has 8 heteroatoms. The standard InChI is InChI=1S/C29H30FN5O2/c1-4-16-34(29(37)31-24-13-10-20(2)21(3)17-24)19-28(36)32-27-18-26(22-8-6-5-7-9-22)33-35(27)25-14-11-23(30)12-15-25/h5-15,17-18H,4,16,19H2,1-3H3,(H,31,37)(H,32,36). The highest BCUT2D eigenvalue weighted by atomic mass is 19.1. The second-order valence-electron chi connectivity index (χ2n) is 8.87. The number of carbonyl (C=O) groups is 2. The van der Waals surface area contributed by atoms with E-state index in [0.29, 0.717) is 35.9 Å². The van der Waals surface area contributed by atoms with Gasteiger partial charge in [-0.1, -0.05) is 43.3 Å². The van der Waals surface area contributed by atoms with Gasteiger partial charge in [-0.3, -0.25) is 4.79 Å². The summed E-state index contributed by atoms with van der Waals surface area (Å²) in [5.41, 5.74) is 5.00. The normalized spacial score (nSPS) is 10.7. The maximum Gasteiger partial charge on any atom is 0.322 e. The van der Waals surface area contributed by atoms with E-state index in [-0.39, 0.29) is 24.3 Å². The third-order valence-electron chi connectivity index (χ3n) is 5.99. The Morgan fingerprint density at radius 3 is 2.32 bits per heavy atom. The summed E-state index contributed by atoms with van der Waals surface area (Å²) >= 11 is 0. The summed E-state index contributed by atoms with van der Waals surface area (Å²) in [6, 6.07) is 22.5. The highest BCUT2D eigenvalue weighted by Gasteiger charge is 2.19. The molecule has 190 valence electrons. The topological polar surface area (TPSA) is 79.3 Å². The molecular formula is C29H30FN5O2. The molecule has 0 unspecified atom stereocenters. The van der Waals surface area contributed by atoms with Crippen LogP contribution >= 0.6 is 0 Å². The van der Waals surface area contributed by atoms with Crippen LogP contribution in [0.25, 0.3) is 16.9 Å². The molecule has 1 aromatic heterocycles. The molecule has 0 atom stereocenters. The Hall–Kier alpha value is -4.46. The van der Waals surface area contributed by atoms with Gasteiger partial charge in [0, 0.05) is 23.9 Å². The van der Waals surface area contributed by atoms with E-state index < -0.39 is 0 Å². The summed E-state index contributed by atoms with van der Waals surface area (Å²) in [5, 5.41) is 10.4. The first-order valence-corrected chi connectivity index (χ1v) is 12.2. The largest absolute Gasteiger partial charge is 0.322 e. The minimum absolute atomic E-state index is 0.139. The highest BCUT2D eigenvalue weighted by Crippen LogP contribution is 2.25. The third-order valence-corrected chi connectivity index (χ3v) is 5.99. The van der Waals surface area contributed by atoms with Crippen LogP contribution in [0, 0.1) is 19.7 Å². The van der Waals surface area contributed by atoms with E-state index in [9.17, 15) is 14.0 Å². The van der Waals surface area contributed by atoms with Crippen molar-refractivity contribution in [2.75, 3.05) is 23.7 Å². The van der Waals surface area contributed by atoms with Gasteiger partial charge in [-0.15, -0.1) is 0 Å². The van der Waals surface area contributed by atoms with Crippen molar-refractivity contribution in [1.82, 2.24) is 14.7 Å². The maximum atomic E-state index is 13.5. The number of hydrogen-bond acceptors (Lipinski definition) is 3. The Labute approximate surface area is 215 Å². The predicted molar refractivity (Wildman–Crippen MR) is 144 cm³/mol. The van der Waals surface area contributed by atoms with Gasteiger partial charge in [0.05, 0.1) is 11.4 Å². The molecule has 1 heterocycles. The summed E-state index contributed by atoms with van der Waals surface area (Å²) in [4.78, 5) is 27.6. The first kappa shape index (κ1) is 25.6. The van der Waals surface area contributed by atoms with Crippen LogP contribution in [0.5, 0.6) is 0 Å². The zero-order chi connectivity index (χ0) is 26.4. The van der Waals surface area contributed by atoms with Gasteiger partial charge in [0.25, 0.3) is 0 Å². The van der Waals surface area contributed by atoms with Crippen LogP contribution in [0.1, 0.15) is 24.5 Å². The van der Waals surface area contributed by atoms with E-state index in [0.717, 1.165) is 16.7 Å². The average molecular weight is 500 g/mol. The molecule has 0 saturated heterocycles. The van der Waals surface area contributed by atoms with Crippen molar-refractivity contribution < 1.29 is 14.0 Å². The van der Waals surface area contributed by atoms with E-state index in [1.165, 1.54) is 17.0 Å². The van der Waals surface area contributed by atoms with Gasteiger partial charge in [-0.2, -0.15) is 5.10 Å². The monoisotopic (exact) mass is 499 g/mol. The number of nitrogens with one attached hydrogen (secondary N) is 2. The van der Waals surface area contributed by atoms with Gasteiger partial charge in [0.15, 0.2) is 0 Å². The summed E-state index contributed by atoms with van der Waals surface area (Å²) < 4.78 is 15.1. The number of rotatable bonds is 8. The number of urea groups is 1. The molecule has 3 amide bonds. The number of nitrogens with zero attached hydrogens (tertiary/aromatic N) is 3. The Bertz CT molecular complexity index is 1380. The van der Waals surface area contributed by atoms with E-state index in [1.807, 2.05) is 69.3 Å². The molecule has 0 aliphatic heterocycles. The summed E-state index contributed by atoms with van der Waals surface area (Å²) in [5.74, 6) is -0.317. The molecule has 0 radical (unpaired) electrons. The van der Waals surface area contributed by atoms with Crippen molar-refractivity contribution >= 4 is 23.4 Å². The van der Waals surface area contributed by atoms with Gasteiger partial charge in [-0.25, -0.2) is 13.9 Å². The average Bonchev–Trinajstić information content (AvgIpc) is 3.30. The summed E-state index contributed by atoms with van der Waals surface area (Å²) in [6.07, 6.45) is 0.694. The fourth-order valence-corrected chi connectivity index (χ4v) is 3.90. The van der Waals surface area contributed by atoms with Crippen molar-refractivity contribution in [3.8, 4) is 16.9 Å². The molecule has 0 aliphatic rings. The Morgan fingerprint density at radius 2 is 1.65 bits per heavy atom. The molecule has 0 bridgehead atoms. The quantitative estimate of drug-likeness (QED) is 0.304. The number of halogens is 1. The Kier molecular flexibility index (Phi) is 7.98. The second-order valence-corrected chi connectivity index (χ2v) is 8.87. The molecule has 0 saturated carbocycles. The molecule has 0 fully saturated rings. The summed E-state index contributed by atoms with van der Waals surface area (Å²) in [7, 11) is 0. The van der Waals surface area contributed by atoms with E-state index in [4.69, 9.17) is 0 Å². The van der Waals surface area contributed by atoms with Gasteiger partial charge < -0.3 is 15.5 Å². The van der Waals surface area contributed by atoms with Gasteiger partial charge in [0.2, 0.25) is 5.91 Å². The minimum atomic E-state index is -0.369. The molecule has 2 N–H and O–H groups in total. The number of anilines is 2. The minimum Gasteiger partial charge on any atom is -0.315 e. The van der Waals surface area contributed by atoms with Crippen LogP contribution in [-0.2, 0) is 4.79 Å². The zero-order valence-corrected chi connectivity index (χ0v) is 21.2. The second kappa shape index (κ2) is 11.5. The number of hydrogen-bond donors (Lipinski definition) is 2. The van der Waals surface area contributed by atoms with Gasteiger partial charge in [0.1, 0.15) is 18.2 Å². The van der Waals surface area contributed by atoms with Crippen LogP contribution in [0.4, 0.5) is 20.7 Å². The van der Waals surface area contributed by atoms with Crippen LogP contribution in [0.3, 0.4) is 0 Å². The van der Waals surface area contributed by atoms with Crippen LogP contribution < -0.4 is 10.6 Å². The lowest BCUT2D eigenvalue weighted by atomic mass is 10.1. The number of aromatic nitrogens is 2. The Morgan fingerprint density at radius 1 is 0.919 bits per heavy atom. The van der Waals surface area contributed by atoms with Crippen LogP contribution in [0.15, 0.2) is 78.9 Å². The summed E-state index contributed by atoms with van der Waals surface area (Å²) in [6.45, 7) is 6.21. The van der Waals surface area contributed by atoms with Gasteiger partial charge in [-0.05, 0) is 67.8 Å². The molecule has 7 nitrogen and oxygen atoms in total. The molecular weight excluding hydrogens is 469 g/mol. The fourth-order valence-electron chi connectivity index (χ4n) is 3.90. The number of benzene rings is 3. The lowest BCUT2D eigenvalue weighted by Crippen LogP contribution is -2.41. The van der Waals surface area contributed by atoms with Crippen LogP contribution in [-0.4, -0.2) is 39.7 Å². The maximum absolute atomic E-state index is 13.5. The van der Waals surface area contributed by atoms with E-state index >= 15 is 0 Å². The SMILES string of the molecule is CCCN(CC(=O)Nc1cc(-c2ccccc2)nn1-c1ccc(F)cc1)C(=O)Nc1ccc(C)c(C)c1. The zero-order valence-electron chi connectivity index (χ0n) is 21.2. The smallest absolute Gasteiger partial charge is 0.315 e. The van der Waals surface area contributed by atoms with E-state index in [1.54, 1.807) is 22.9 Å². The molecule has 37 heavy (non-hydrogen) atoms. The first-order chi connectivity index (χ1) is 17.8. The third kappa shape index (κ3) is 6.41. The molecule has 4 aromatic rings. The molecule has 0 aliphatic carbocycles. The van der Waals surface area contributed by atoms with Crippen LogP contribution in [0.2, 0.25) is 0 Å². The van der Waals surface area contributed by atoms with Crippen molar-refractivity contribution in [2.45, 2.75) is 27.2 Å². The molecule has 3 aromatic carbocycles. The van der Waals surface area contributed by atoms with Crippen molar-refractivity contribution in [3.63, 3.8) is 0 Å². The molecule has 0 spiro atoms. The predicted octanol–water partition coefficient (Wildman–Crippen LogP) is 6.18. The highest BCUT2D eigenvalue weighted by molar-refractivity contribution is 5.97. The van der Waals surface area contributed by atoms with Crippen molar-refractivity contribution in [3.05, 3.63) is 95.8 Å².